The quantitative estimate of drug-likeness (QED) is 0.198. The molecular formula is C38H30S. The van der Waals surface area contributed by atoms with Gasteiger partial charge in [0.1, 0.15) is 0 Å². The molecule has 0 N–H and O–H groups in total. The van der Waals surface area contributed by atoms with E-state index in [2.05, 4.69) is 159 Å². The Morgan fingerprint density at radius 2 is 0.692 bits per heavy atom. The van der Waals surface area contributed by atoms with Gasteiger partial charge >= 0.3 is 0 Å². The van der Waals surface area contributed by atoms with Crippen LogP contribution < -0.4 is 0 Å². The average molecular weight is 519 g/mol. The van der Waals surface area contributed by atoms with E-state index in [1.54, 1.807) is 11.8 Å². The predicted octanol–water partition coefficient (Wildman–Crippen LogP) is 11.1. The van der Waals surface area contributed by atoms with Gasteiger partial charge in [-0.25, -0.2) is 0 Å². The molecule has 0 saturated heterocycles. The zero-order valence-corrected chi connectivity index (χ0v) is 23.1. The normalized spacial score (nSPS) is 11.7. The van der Waals surface area contributed by atoms with Crippen LogP contribution in [-0.4, -0.2) is 0 Å². The lowest BCUT2D eigenvalue weighted by molar-refractivity contribution is 1.40. The van der Waals surface area contributed by atoms with Crippen LogP contribution in [-0.2, 0) is 0 Å². The van der Waals surface area contributed by atoms with Crippen LogP contribution in [0.2, 0.25) is 0 Å². The minimum atomic E-state index is 1.20. The average Bonchev–Trinajstić information content (AvgIpc) is 2.96. The molecule has 0 radical (unpaired) electrons. The summed E-state index contributed by atoms with van der Waals surface area (Å²) in [6.45, 7) is 4.27. The summed E-state index contributed by atoms with van der Waals surface area (Å²) in [4.78, 5) is 2.48. The van der Waals surface area contributed by atoms with Crippen molar-refractivity contribution >= 4 is 57.6 Å². The van der Waals surface area contributed by atoms with E-state index in [4.69, 9.17) is 0 Å². The molecule has 0 unspecified atom stereocenters. The minimum absolute atomic E-state index is 1.20. The zero-order chi connectivity index (χ0) is 26.6. The molecule has 1 heteroatoms. The first-order valence-electron chi connectivity index (χ1n) is 13.3. The molecule has 6 aromatic carbocycles. The van der Waals surface area contributed by atoms with E-state index in [1.165, 1.54) is 64.7 Å². The van der Waals surface area contributed by atoms with Crippen LogP contribution in [0.25, 0.3) is 45.8 Å². The molecule has 0 aliphatic heterocycles. The maximum atomic E-state index is 2.25. The van der Waals surface area contributed by atoms with Gasteiger partial charge < -0.3 is 0 Å². The second kappa shape index (κ2) is 11.2. The van der Waals surface area contributed by atoms with E-state index < -0.39 is 0 Å². The van der Waals surface area contributed by atoms with Gasteiger partial charge in [-0.1, -0.05) is 132 Å². The highest BCUT2D eigenvalue weighted by Crippen LogP contribution is 2.29. The second-order valence-corrected chi connectivity index (χ2v) is 11.3. The standard InChI is InChI=1S/C38H30S/c1-27-3-15-35-25-31(9-17-33(35)23-27)7-5-29-11-19-37(20-12-29)39-38-21-13-30(14-22-38)6-8-32-10-18-34-24-28(2)4-16-36(34)26-32/h3-26H,1-2H3. The number of fused-ring (bicyclic) bond motifs is 2. The lowest BCUT2D eigenvalue weighted by Crippen LogP contribution is -1.79. The van der Waals surface area contributed by atoms with Gasteiger partial charge in [0.2, 0.25) is 0 Å². The summed E-state index contributed by atoms with van der Waals surface area (Å²) in [7, 11) is 0. The Hall–Kier alpha value is -4.33. The van der Waals surface area contributed by atoms with Crippen LogP contribution in [0.15, 0.2) is 131 Å². The van der Waals surface area contributed by atoms with Gasteiger partial charge in [-0.15, -0.1) is 0 Å². The summed E-state index contributed by atoms with van der Waals surface area (Å²) >= 11 is 1.79. The number of rotatable bonds is 6. The topological polar surface area (TPSA) is 0 Å². The van der Waals surface area contributed by atoms with Crippen molar-refractivity contribution in [1.82, 2.24) is 0 Å². The molecule has 6 aromatic rings. The molecule has 0 amide bonds. The summed E-state index contributed by atoms with van der Waals surface area (Å²) in [6.07, 6.45) is 8.74. The van der Waals surface area contributed by atoms with E-state index in [1.807, 2.05) is 0 Å². The molecule has 0 spiro atoms. The third-order valence-electron chi connectivity index (χ3n) is 6.97. The van der Waals surface area contributed by atoms with Crippen molar-refractivity contribution in [2.45, 2.75) is 23.6 Å². The first kappa shape index (κ1) is 25.0. The molecule has 188 valence electrons. The highest BCUT2D eigenvalue weighted by Gasteiger charge is 2.00. The molecule has 0 aromatic heterocycles. The highest BCUT2D eigenvalue weighted by atomic mass is 32.2. The first-order chi connectivity index (χ1) is 19.1. The Balaban J connectivity index is 1.08. The number of hydrogen-bond donors (Lipinski definition) is 0. The fourth-order valence-electron chi connectivity index (χ4n) is 4.79. The SMILES string of the molecule is Cc1ccc2cc(C=Cc3ccc(Sc4ccc(C=Cc5ccc6cc(C)ccc6c5)cc4)cc3)ccc2c1. The molecule has 0 bridgehead atoms. The molecular weight excluding hydrogens is 488 g/mol. The summed E-state index contributed by atoms with van der Waals surface area (Å²) in [5, 5.41) is 5.13. The minimum Gasteiger partial charge on any atom is -0.0901 e. The number of hydrogen-bond acceptors (Lipinski definition) is 1. The van der Waals surface area contributed by atoms with E-state index in [0.29, 0.717) is 0 Å². The molecule has 0 aliphatic carbocycles. The van der Waals surface area contributed by atoms with E-state index in [-0.39, 0.29) is 0 Å². The van der Waals surface area contributed by atoms with Crippen LogP contribution in [0.3, 0.4) is 0 Å². The largest absolute Gasteiger partial charge is 0.0901 e. The molecule has 39 heavy (non-hydrogen) atoms. The maximum Gasteiger partial charge on any atom is 0.0122 e. The lowest BCUT2D eigenvalue weighted by atomic mass is 10.0. The Labute approximate surface area is 235 Å². The zero-order valence-electron chi connectivity index (χ0n) is 22.3. The van der Waals surface area contributed by atoms with Gasteiger partial charge in [-0.3, -0.25) is 0 Å². The van der Waals surface area contributed by atoms with Gasteiger partial charge in [-0.05, 0) is 94.0 Å². The van der Waals surface area contributed by atoms with Gasteiger partial charge in [0.05, 0.1) is 0 Å². The number of benzene rings is 6. The predicted molar refractivity (Wildman–Crippen MR) is 172 cm³/mol. The molecule has 6 rings (SSSR count). The van der Waals surface area contributed by atoms with Gasteiger partial charge in [0.25, 0.3) is 0 Å². The van der Waals surface area contributed by atoms with E-state index in [9.17, 15) is 0 Å². The van der Waals surface area contributed by atoms with Crippen molar-refractivity contribution in [3.8, 4) is 0 Å². The Morgan fingerprint density at radius 1 is 0.359 bits per heavy atom. The molecule has 0 fully saturated rings. The molecule has 0 atom stereocenters. The fourth-order valence-corrected chi connectivity index (χ4v) is 5.61. The summed E-state index contributed by atoms with van der Waals surface area (Å²) in [5.74, 6) is 0. The first-order valence-corrected chi connectivity index (χ1v) is 14.1. The van der Waals surface area contributed by atoms with E-state index >= 15 is 0 Å². The van der Waals surface area contributed by atoms with Crippen LogP contribution >= 0.6 is 11.8 Å². The number of aryl methyl sites for hydroxylation is 2. The van der Waals surface area contributed by atoms with Crippen LogP contribution in [0.1, 0.15) is 33.4 Å². The Morgan fingerprint density at radius 3 is 1.13 bits per heavy atom. The van der Waals surface area contributed by atoms with Crippen molar-refractivity contribution < 1.29 is 0 Å². The molecule has 0 heterocycles. The Kier molecular flexibility index (Phi) is 7.17. The second-order valence-electron chi connectivity index (χ2n) is 10.1. The Bertz CT molecular complexity index is 1680. The van der Waals surface area contributed by atoms with Crippen molar-refractivity contribution in [3.63, 3.8) is 0 Å². The molecule has 0 nitrogen and oxygen atoms in total. The third-order valence-corrected chi connectivity index (χ3v) is 7.99. The monoisotopic (exact) mass is 518 g/mol. The van der Waals surface area contributed by atoms with Crippen LogP contribution in [0.5, 0.6) is 0 Å². The van der Waals surface area contributed by atoms with Crippen molar-refractivity contribution in [1.29, 1.82) is 0 Å². The third kappa shape index (κ3) is 6.22. The van der Waals surface area contributed by atoms with Crippen molar-refractivity contribution in [2.75, 3.05) is 0 Å². The lowest BCUT2D eigenvalue weighted by Gasteiger charge is -2.04. The van der Waals surface area contributed by atoms with Gasteiger partial charge in [0.15, 0.2) is 0 Å². The maximum absolute atomic E-state index is 2.25. The van der Waals surface area contributed by atoms with Gasteiger partial charge in [0, 0.05) is 9.79 Å². The molecule has 0 aliphatic rings. The van der Waals surface area contributed by atoms with Crippen LogP contribution in [0, 0.1) is 13.8 Å². The van der Waals surface area contributed by atoms with Crippen LogP contribution in [0.4, 0.5) is 0 Å². The highest BCUT2D eigenvalue weighted by molar-refractivity contribution is 7.99. The van der Waals surface area contributed by atoms with Crippen molar-refractivity contribution in [3.05, 3.63) is 155 Å². The summed E-state index contributed by atoms with van der Waals surface area (Å²) in [5.41, 5.74) is 7.43. The fraction of sp³-hybridized carbons (Fsp3) is 0.0526. The van der Waals surface area contributed by atoms with Gasteiger partial charge in [-0.2, -0.15) is 0 Å². The molecule has 0 saturated carbocycles. The van der Waals surface area contributed by atoms with E-state index in [0.717, 1.165) is 0 Å². The smallest absolute Gasteiger partial charge is 0.0122 e. The van der Waals surface area contributed by atoms with Crippen molar-refractivity contribution in [2.24, 2.45) is 0 Å². The summed E-state index contributed by atoms with van der Waals surface area (Å²) < 4.78 is 0. The summed E-state index contributed by atoms with van der Waals surface area (Å²) in [6, 6.07) is 44.0.